The van der Waals surface area contributed by atoms with Gasteiger partial charge in [0.25, 0.3) is 0 Å². The van der Waals surface area contributed by atoms with E-state index >= 15 is 0 Å². The van der Waals surface area contributed by atoms with E-state index in [9.17, 15) is 0 Å². The van der Waals surface area contributed by atoms with Crippen LogP contribution in [0.3, 0.4) is 0 Å². The molecule has 0 saturated carbocycles. The second kappa shape index (κ2) is 9.83. The Balaban J connectivity index is 2.36. The fourth-order valence-electron chi connectivity index (χ4n) is 2.82. The van der Waals surface area contributed by atoms with Gasteiger partial charge in [-0.3, -0.25) is 4.99 Å². The molecule has 25 heavy (non-hydrogen) atoms. The van der Waals surface area contributed by atoms with E-state index in [0.717, 1.165) is 25.0 Å². The van der Waals surface area contributed by atoms with Crippen molar-refractivity contribution in [2.75, 3.05) is 7.05 Å². The summed E-state index contributed by atoms with van der Waals surface area (Å²) in [4.78, 5) is 7.37. The van der Waals surface area contributed by atoms with Crippen molar-refractivity contribution in [2.45, 2.75) is 46.2 Å². The molecule has 0 N–H and O–H groups in total. The SMILES string of the molecule is C/C=C\C=C(/C)C(C)=NC(C1=CCC=CC=C1)N(C)C1=CCCC=C1. The van der Waals surface area contributed by atoms with E-state index in [4.69, 9.17) is 4.99 Å². The lowest BCUT2D eigenvalue weighted by atomic mass is 10.1. The van der Waals surface area contributed by atoms with Gasteiger partial charge in [0.05, 0.1) is 0 Å². The summed E-state index contributed by atoms with van der Waals surface area (Å²) < 4.78 is 0. The Morgan fingerprint density at radius 2 is 1.96 bits per heavy atom. The molecular weight excluding hydrogens is 304 g/mol. The van der Waals surface area contributed by atoms with Gasteiger partial charge < -0.3 is 4.90 Å². The summed E-state index contributed by atoms with van der Waals surface area (Å²) in [6.07, 6.45) is 27.0. The lowest BCUT2D eigenvalue weighted by Gasteiger charge is -2.30. The van der Waals surface area contributed by atoms with Gasteiger partial charge in [-0.05, 0) is 57.3 Å². The van der Waals surface area contributed by atoms with Crippen LogP contribution in [0.2, 0.25) is 0 Å². The molecule has 0 bridgehead atoms. The number of hydrogen-bond donors (Lipinski definition) is 0. The van der Waals surface area contributed by atoms with Crippen LogP contribution >= 0.6 is 0 Å². The summed E-state index contributed by atoms with van der Waals surface area (Å²) >= 11 is 0. The van der Waals surface area contributed by atoms with Gasteiger partial charge in [-0.25, -0.2) is 0 Å². The molecule has 2 aliphatic rings. The van der Waals surface area contributed by atoms with Crippen LogP contribution in [0.25, 0.3) is 0 Å². The van der Waals surface area contributed by atoms with Crippen molar-refractivity contribution >= 4 is 5.71 Å². The fourth-order valence-corrected chi connectivity index (χ4v) is 2.82. The zero-order valence-electron chi connectivity index (χ0n) is 15.9. The highest BCUT2D eigenvalue weighted by Crippen LogP contribution is 2.23. The van der Waals surface area contributed by atoms with Crippen molar-refractivity contribution in [3.8, 4) is 0 Å². The lowest BCUT2D eigenvalue weighted by molar-refractivity contribution is 0.360. The molecule has 0 aromatic carbocycles. The van der Waals surface area contributed by atoms with Crippen molar-refractivity contribution in [2.24, 2.45) is 4.99 Å². The minimum absolute atomic E-state index is 0.0147. The third kappa shape index (κ3) is 5.60. The van der Waals surface area contributed by atoms with E-state index in [2.05, 4.69) is 86.6 Å². The van der Waals surface area contributed by atoms with Crippen LogP contribution in [0, 0.1) is 0 Å². The maximum Gasteiger partial charge on any atom is 0.146 e. The second-order valence-electron chi connectivity index (χ2n) is 6.41. The van der Waals surface area contributed by atoms with E-state index in [1.807, 2.05) is 13.0 Å². The quantitative estimate of drug-likeness (QED) is 0.436. The van der Waals surface area contributed by atoms with Gasteiger partial charge in [-0.15, -0.1) is 0 Å². The van der Waals surface area contributed by atoms with Gasteiger partial charge in [0, 0.05) is 18.5 Å². The van der Waals surface area contributed by atoms with Crippen LogP contribution in [0.5, 0.6) is 0 Å². The molecule has 0 saturated heterocycles. The second-order valence-corrected chi connectivity index (χ2v) is 6.41. The predicted octanol–water partition coefficient (Wildman–Crippen LogP) is 5.90. The van der Waals surface area contributed by atoms with Gasteiger partial charge in [0.2, 0.25) is 0 Å². The fraction of sp³-hybridized carbons (Fsp3) is 0.348. The van der Waals surface area contributed by atoms with Gasteiger partial charge in [0.15, 0.2) is 0 Å². The molecule has 2 aliphatic carbocycles. The molecule has 0 fully saturated rings. The van der Waals surface area contributed by atoms with Crippen molar-refractivity contribution in [1.29, 1.82) is 0 Å². The zero-order valence-corrected chi connectivity index (χ0v) is 15.9. The Labute approximate surface area is 153 Å². The van der Waals surface area contributed by atoms with E-state index in [-0.39, 0.29) is 6.17 Å². The molecule has 0 spiro atoms. The molecule has 1 atom stereocenters. The molecule has 132 valence electrons. The molecule has 1 unspecified atom stereocenters. The van der Waals surface area contributed by atoms with Crippen LogP contribution in [0.4, 0.5) is 0 Å². The van der Waals surface area contributed by atoms with Gasteiger partial charge >= 0.3 is 0 Å². The van der Waals surface area contributed by atoms with Crippen LogP contribution in [0.1, 0.15) is 40.0 Å². The minimum atomic E-state index is -0.0147. The van der Waals surface area contributed by atoms with Crippen molar-refractivity contribution in [1.82, 2.24) is 4.90 Å². The summed E-state index contributed by atoms with van der Waals surface area (Å²) in [6.45, 7) is 6.25. The number of likely N-dealkylation sites (N-methyl/N-ethyl adjacent to an activating group) is 1. The van der Waals surface area contributed by atoms with Crippen molar-refractivity contribution in [3.63, 3.8) is 0 Å². The summed E-state index contributed by atoms with van der Waals surface area (Å²) in [5.74, 6) is 0. The molecular formula is C23H30N2. The average molecular weight is 335 g/mol. The largest absolute Gasteiger partial charge is 0.349 e. The van der Waals surface area contributed by atoms with Crippen LogP contribution in [-0.4, -0.2) is 23.8 Å². The standard InChI is InChI=1S/C23H30N2/c1-5-6-14-19(2)20(3)24-23(21-15-10-7-8-11-16-21)25(4)22-17-12-9-13-18-22/h5-8,10,12,14-18,23H,9,11,13H2,1-4H3/b6-5-,19-14+,24-20?. The normalized spacial score (nSPS) is 19.7. The topological polar surface area (TPSA) is 15.6 Å². The lowest BCUT2D eigenvalue weighted by Crippen LogP contribution is -2.31. The Hall–Kier alpha value is -2.35. The minimum Gasteiger partial charge on any atom is -0.349 e. The number of allylic oxidation sites excluding steroid dienone is 11. The summed E-state index contributed by atoms with van der Waals surface area (Å²) in [5.41, 5.74) is 4.75. The van der Waals surface area contributed by atoms with Crippen LogP contribution in [0.15, 0.2) is 88.7 Å². The molecule has 0 aromatic rings. The third-order valence-corrected chi connectivity index (χ3v) is 4.50. The molecule has 0 radical (unpaired) electrons. The van der Waals surface area contributed by atoms with Gasteiger partial charge in [-0.2, -0.15) is 0 Å². The molecule has 0 aromatic heterocycles. The highest BCUT2D eigenvalue weighted by atomic mass is 15.2. The van der Waals surface area contributed by atoms with E-state index in [1.165, 1.54) is 16.8 Å². The van der Waals surface area contributed by atoms with Gasteiger partial charge in [-0.1, -0.05) is 60.8 Å². The number of nitrogens with zero attached hydrogens (tertiary/aromatic N) is 2. The molecule has 2 heteroatoms. The predicted molar refractivity (Wildman–Crippen MR) is 111 cm³/mol. The van der Waals surface area contributed by atoms with E-state index in [1.54, 1.807) is 0 Å². The molecule has 0 amide bonds. The van der Waals surface area contributed by atoms with Crippen LogP contribution < -0.4 is 0 Å². The van der Waals surface area contributed by atoms with Gasteiger partial charge in [0.1, 0.15) is 6.17 Å². The highest BCUT2D eigenvalue weighted by molar-refractivity contribution is 5.98. The Kier molecular flexibility index (Phi) is 7.46. The Bertz CT molecular complexity index is 694. The third-order valence-electron chi connectivity index (χ3n) is 4.50. The number of hydrogen-bond acceptors (Lipinski definition) is 2. The Morgan fingerprint density at radius 1 is 1.12 bits per heavy atom. The first-order valence-corrected chi connectivity index (χ1v) is 9.10. The first kappa shape index (κ1) is 19.0. The summed E-state index contributed by atoms with van der Waals surface area (Å²) in [7, 11) is 2.14. The molecule has 2 nitrogen and oxygen atoms in total. The summed E-state index contributed by atoms with van der Waals surface area (Å²) in [5, 5.41) is 0. The first-order chi connectivity index (χ1) is 12.1. The van der Waals surface area contributed by atoms with Crippen LogP contribution in [-0.2, 0) is 0 Å². The molecule has 0 heterocycles. The molecule has 2 rings (SSSR count). The summed E-state index contributed by atoms with van der Waals surface area (Å²) in [6, 6.07) is 0. The highest BCUT2D eigenvalue weighted by Gasteiger charge is 2.19. The molecule has 0 aliphatic heterocycles. The Morgan fingerprint density at radius 3 is 2.68 bits per heavy atom. The number of rotatable bonds is 6. The first-order valence-electron chi connectivity index (χ1n) is 9.10. The van der Waals surface area contributed by atoms with Crippen molar-refractivity contribution < 1.29 is 0 Å². The number of aliphatic imine (C=N–C) groups is 1. The van der Waals surface area contributed by atoms with Crippen molar-refractivity contribution in [3.05, 3.63) is 83.7 Å². The smallest absolute Gasteiger partial charge is 0.146 e. The zero-order chi connectivity index (χ0) is 18.1. The maximum absolute atomic E-state index is 5.09. The monoisotopic (exact) mass is 334 g/mol. The average Bonchev–Trinajstić information content (AvgIpc) is 2.93. The maximum atomic E-state index is 5.09. The van der Waals surface area contributed by atoms with E-state index < -0.39 is 0 Å². The van der Waals surface area contributed by atoms with E-state index in [0.29, 0.717) is 0 Å².